The molecule has 1 unspecified atom stereocenters. The van der Waals surface area contributed by atoms with Crippen LogP contribution in [0.5, 0.6) is 0 Å². The number of nitrogens with two attached hydrogens (primary N) is 1. The molecule has 1 aliphatic rings. The summed E-state index contributed by atoms with van der Waals surface area (Å²) in [5, 5.41) is 0. The second-order valence-electron chi connectivity index (χ2n) is 5.50. The second kappa shape index (κ2) is 5.87. The van der Waals surface area contributed by atoms with E-state index in [4.69, 9.17) is 10.5 Å². The van der Waals surface area contributed by atoms with Gasteiger partial charge in [0.2, 0.25) is 0 Å². The predicted octanol–water partition coefficient (Wildman–Crippen LogP) is 2.70. The van der Waals surface area contributed by atoms with Crippen LogP contribution in [0.2, 0.25) is 0 Å². The van der Waals surface area contributed by atoms with Gasteiger partial charge in [-0.05, 0) is 26.0 Å². The van der Waals surface area contributed by atoms with Crippen LogP contribution in [0, 0.1) is 5.82 Å². The van der Waals surface area contributed by atoms with Gasteiger partial charge in [-0.25, -0.2) is 4.39 Å². The molecular weight excluding hydrogens is 311 g/mol. The summed E-state index contributed by atoms with van der Waals surface area (Å²) >= 11 is 3.28. The van der Waals surface area contributed by atoms with Gasteiger partial charge in [0.25, 0.3) is 0 Å². The van der Waals surface area contributed by atoms with Gasteiger partial charge in [-0.15, -0.1) is 0 Å². The van der Waals surface area contributed by atoms with Gasteiger partial charge in [0.05, 0.1) is 18.2 Å². The fourth-order valence-corrected chi connectivity index (χ4v) is 2.90. The van der Waals surface area contributed by atoms with Gasteiger partial charge in [0.15, 0.2) is 0 Å². The van der Waals surface area contributed by atoms with E-state index in [-0.39, 0.29) is 17.5 Å². The molecule has 1 aliphatic heterocycles. The molecule has 2 N–H and O–H groups in total. The van der Waals surface area contributed by atoms with Crippen molar-refractivity contribution in [3.63, 3.8) is 0 Å². The van der Waals surface area contributed by atoms with E-state index in [1.54, 1.807) is 6.07 Å². The molecule has 1 aromatic rings. The summed E-state index contributed by atoms with van der Waals surface area (Å²) in [6.45, 7) is 6.68. The van der Waals surface area contributed by atoms with E-state index in [2.05, 4.69) is 20.8 Å². The van der Waals surface area contributed by atoms with E-state index < -0.39 is 0 Å². The number of rotatable bonds is 3. The van der Waals surface area contributed by atoms with Crippen molar-refractivity contribution in [2.24, 2.45) is 5.73 Å². The maximum atomic E-state index is 14.1. The topological polar surface area (TPSA) is 38.5 Å². The molecule has 106 valence electrons. The van der Waals surface area contributed by atoms with Crippen molar-refractivity contribution in [2.45, 2.75) is 25.5 Å². The number of halogens is 2. The van der Waals surface area contributed by atoms with E-state index in [0.29, 0.717) is 18.7 Å². The summed E-state index contributed by atoms with van der Waals surface area (Å²) in [6.07, 6.45) is 0. The molecule has 5 heteroatoms. The first-order valence-electron chi connectivity index (χ1n) is 6.46. The van der Waals surface area contributed by atoms with Crippen molar-refractivity contribution in [3.8, 4) is 0 Å². The van der Waals surface area contributed by atoms with Gasteiger partial charge in [0, 0.05) is 29.7 Å². The van der Waals surface area contributed by atoms with Gasteiger partial charge >= 0.3 is 0 Å². The van der Waals surface area contributed by atoms with Crippen molar-refractivity contribution in [1.82, 2.24) is 4.90 Å². The summed E-state index contributed by atoms with van der Waals surface area (Å²) in [7, 11) is 0. The first kappa shape index (κ1) is 14.9. The minimum absolute atomic E-state index is 0.101. The van der Waals surface area contributed by atoms with Crippen molar-refractivity contribution < 1.29 is 9.13 Å². The third-order valence-electron chi connectivity index (χ3n) is 3.44. The zero-order valence-electron chi connectivity index (χ0n) is 11.3. The van der Waals surface area contributed by atoms with Crippen LogP contribution in [-0.4, -0.2) is 36.7 Å². The Morgan fingerprint density at radius 1 is 1.53 bits per heavy atom. The quantitative estimate of drug-likeness (QED) is 0.926. The number of hydrogen-bond donors (Lipinski definition) is 1. The van der Waals surface area contributed by atoms with E-state index in [0.717, 1.165) is 17.6 Å². The number of benzene rings is 1. The van der Waals surface area contributed by atoms with Crippen molar-refractivity contribution >= 4 is 15.9 Å². The Kier molecular flexibility index (Phi) is 4.61. The van der Waals surface area contributed by atoms with Gasteiger partial charge in [-0.2, -0.15) is 0 Å². The molecule has 0 bridgehead atoms. The monoisotopic (exact) mass is 330 g/mol. The lowest BCUT2D eigenvalue weighted by Gasteiger charge is -2.42. The van der Waals surface area contributed by atoms with Crippen LogP contribution in [0.25, 0.3) is 0 Å². The number of nitrogens with zero attached hydrogens (tertiary/aromatic N) is 1. The van der Waals surface area contributed by atoms with Crippen LogP contribution in [0.15, 0.2) is 22.7 Å². The average Bonchev–Trinajstić information content (AvgIpc) is 2.31. The van der Waals surface area contributed by atoms with E-state index >= 15 is 0 Å². The highest BCUT2D eigenvalue weighted by Gasteiger charge is 2.32. The maximum absolute atomic E-state index is 14.1. The number of morpholine rings is 1. The van der Waals surface area contributed by atoms with Crippen LogP contribution in [0.3, 0.4) is 0 Å². The van der Waals surface area contributed by atoms with Crippen LogP contribution < -0.4 is 5.73 Å². The largest absolute Gasteiger partial charge is 0.373 e. The molecular formula is C14H20BrFN2O. The highest BCUT2D eigenvalue weighted by Crippen LogP contribution is 2.28. The molecule has 2 rings (SSSR count). The molecule has 0 radical (unpaired) electrons. The van der Waals surface area contributed by atoms with Gasteiger partial charge < -0.3 is 10.5 Å². The van der Waals surface area contributed by atoms with Gasteiger partial charge in [-0.3, -0.25) is 4.90 Å². The molecule has 1 atom stereocenters. The average molecular weight is 331 g/mol. The third-order valence-corrected chi connectivity index (χ3v) is 3.93. The minimum Gasteiger partial charge on any atom is -0.373 e. The summed E-state index contributed by atoms with van der Waals surface area (Å²) < 4.78 is 20.5. The Hall–Kier alpha value is -0.490. The lowest BCUT2D eigenvalue weighted by Crippen LogP contribution is -2.50. The molecule has 1 heterocycles. The summed E-state index contributed by atoms with van der Waals surface area (Å²) in [4.78, 5) is 2.20. The fourth-order valence-electron chi connectivity index (χ4n) is 2.56. The SMILES string of the molecule is CC1(C)CN(C(CN)c2ccc(Br)cc2F)CCO1. The Labute approximate surface area is 122 Å². The molecule has 0 spiro atoms. The lowest BCUT2D eigenvalue weighted by atomic mass is 10.0. The zero-order chi connectivity index (χ0) is 14.0. The standard InChI is InChI=1S/C14H20BrFN2O/c1-14(2)9-18(5-6-19-14)13(8-17)11-4-3-10(15)7-12(11)16/h3-4,7,13H,5-6,8-9,17H2,1-2H3. The number of ether oxygens (including phenoxy) is 1. The van der Waals surface area contributed by atoms with Crippen LogP contribution in [0.1, 0.15) is 25.5 Å². The zero-order valence-corrected chi connectivity index (χ0v) is 12.9. The fraction of sp³-hybridized carbons (Fsp3) is 0.571. The minimum atomic E-state index is -0.214. The molecule has 0 saturated carbocycles. The lowest BCUT2D eigenvalue weighted by molar-refractivity contribution is -0.0970. The molecule has 19 heavy (non-hydrogen) atoms. The predicted molar refractivity (Wildman–Crippen MR) is 77.5 cm³/mol. The van der Waals surface area contributed by atoms with Crippen molar-refractivity contribution in [2.75, 3.05) is 26.2 Å². The van der Waals surface area contributed by atoms with Crippen LogP contribution in [0.4, 0.5) is 4.39 Å². The molecule has 3 nitrogen and oxygen atoms in total. The normalized spacial score (nSPS) is 21.3. The first-order valence-corrected chi connectivity index (χ1v) is 7.25. The highest BCUT2D eigenvalue weighted by atomic mass is 79.9. The maximum Gasteiger partial charge on any atom is 0.129 e. The van der Waals surface area contributed by atoms with Gasteiger partial charge in [-0.1, -0.05) is 22.0 Å². The molecule has 0 amide bonds. The van der Waals surface area contributed by atoms with E-state index in [9.17, 15) is 4.39 Å². The Bertz CT molecular complexity index is 453. The molecule has 0 aliphatic carbocycles. The first-order chi connectivity index (χ1) is 8.93. The van der Waals surface area contributed by atoms with Crippen LogP contribution in [-0.2, 0) is 4.74 Å². The highest BCUT2D eigenvalue weighted by molar-refractivity contribution is 9.10. The smallest absolute Gasteiger partial charge is 0.129 e. The summed E-state index contributed by atoms with van der Waals surface area (Å²) in [6, 6.07) is 5.05. The second-order valence-corrected chi connectivity index (χ2v) is 6.41. The Morgan fingerprint density at radius 3 is 2.84 bits per heavy atom. The molecule has 0 aromatic heterocycles. The van der Waals surface area contributed by atoms with Crippen LogP contribution >= 0.6 is 15.9 Å². The third kappa shape index (κ3) is 3.54. The molecule has 1 fully saturated rings. The Balaban J connectivity index is 2.24. The summed E-state index contributed by atoms with van der Waals surface area (Å²) in [5.74, 6) is -0.214. The van der Waals surface area contributed by atoms with E-state index in [1.807, 2.05) is 19.9 Å². The van der Waals surface area contributed by atoms with E-state index in [1.165, 1.54) is 6.07 Å². The molecule has 1 aromatic carbocycles. The number of hydrogen-bond acceptors (Lipinski definition) is 3. The summed E-state index contributed by atoms with van der Waals surface area (Å²) in [5.41, 5.74) is 6.32. The molecule has 1 saturated heterocycles. The Morgan fingerprint density at radius 2 is 2.26 bits per heavy atom. The van der Waals surface area contributed by atoms with Crippen molar-refractivity contribution in [3.05, 3.63) is 34.1 Å². The van der Waals surface area contributed by atoms with Gasteiger partial charge in [0.1, 0.15) is 5.82 Å². The van der Waals surface area contributed by atoms with Crippen molar-refractivity contribution in [1.29, 1.82) is 0 Å².